The van der Waals surface area contributed by atoms with Gasteiger partial charge < -0.3 is 9.80 Å². The van der Waals surface area contributed by atoms with Gasteiger partial charge >= 0.3 is 0 Å². The van der Waals surface area contributed by atoms with Gasteiger partial charge in [-0.05, 0) is 35.7 Å². The van der Waals surface area contributed by atoms with Gasteiger partial charge in [0.1, 0.15) is 5.70 Å². The summed E-state index contributed by atoms with van der Waals surface area (Å²) >= 11 is 12.2. The highest BCUT2D eigenvalue weighted by Gasteiger charge is 2.25. The fourth-order valence-electron chi connectivity index (χ4n) is 3.75. The molecule has 1 aliphatic carbocycles. The summed E-state index contributed by atoms with van der Waals surface area (Å²) in [6, 6.07) is 14.7. The highest BCUT2D eigenvalue weighted by molar-refractivity contribution is 6.42. The molecular weight excluding hydrogens is 339 g/mol. The Balaban J connectivity index is 1.45. The van der Waals surface area contributed by atoms with Crippen molar-refractivity contribution >= 4 is 35.0 Å². The van der Waals surface area contributed by atoms with Crippen LogP contribution in [-0.2, 0) is 6.42 Å². The van der Waals surface area contributed by atoms with Crippen LogP contribution in [0.1, 0.15) is 17.5 Å². The maximum Gasteiger partial charge on any atom is 0.108 e. The first-order chi connectivity index (χ1) is 11.7. The molecule has 0 saturated carbocycles. The van der Waals surface area contributed by atoms with E-state index < -0.39 is 0 Å². The second-order valence-corrected chi connectivity index (χ2v) is 7.37. The van der Waals surface area contributed by atoms with Crippen molar-refractivity contribution in [3.05, 3.63) is 69.3 Å². The zero-order chi connectivity index (χ0) is 16.5. The van der Waals surface area contributed by atoms with Gasteiger partial charge in [-0.25, -0.2) is 0 Å². The molecule has 0 unspecified atom stereocenters. The molecule has 0 atom stereocenters. The molecule has 2 aromatic carbocycles. The molecule has 1 fully saturated rings. The number of hydrogen-bond donors (Lipinski definition) is 1. The number of nitrogens with one attached hydrogen (secondary N) is 1. The monoisotopic (exact) mass is 359 g/mol. The number of halogens is 2. The van der Waals surface area contributed by atoms with Gasteiger partial charge in [0.25, 0.3) is 0 Å². The summed E-state index contributed by atoms with van der Waals surface area (Å²) in [4.78, 5) is 4.03. The van der Waals surface area contributed by atoms with Gasteiger partial charge in [0, 0.05) is 18.2 Å². The molecule has 124 valence electrons. The zero-order valence-electron chi connectivity index (χ0n) is 13.6. The fraction of sp³-hybridized carbons (Fsp3) is 0.300. The van der Waals surface area contributed by atoms with Crippen LogP contribution in [0.5, 0.6) is 0 Å². The summed E-state index contributed by atoms with van der Waals surface area (Å²) in [5.41, 5.74) is 5.61. The Bertz CT molecular complexity index is 777. The topological polar surface area (TPSA) is 7.68 Å². The van der Waals surface area contributed by atoms with E-state index in [1.807, 2.05) is 12.1 Å². The minimum Gasteiger partial charge on any atom is -0.360 e. The number of rotatable bonds is 2. The van der Waals surface area contributed by atoms with E-state index in [9.17, 15) is 0 Å². The highest BCUT2D eigenvalue weighted by atomic mass is 35.5. The lowest BCUT2D eigenvalue weighted by Gasteiger charge is -2.35. The minimum absolute atomic E-state index is 0.621. The van der Waals surface area contributed by atoms with Crippen LogP contribution in [0.2, 0.25) is 10.0 Å². The number of fused-ring (bicyclic) bond motifs is 1. The Morgan fingerprint density at radius 1 is 0.875 bits per heavy atom. The van der Waals surface area contributed by atoms with Gasteiger partial charge in [-0.15, -0.1) is 0 Å². The number of benzene rings is 2. The van der Waals surface area contributed by atoms with Crippen molar-refractivity contribution in [2.45, 2.75) is 12.8 Å². The van der Waals surface area contributed by atoms with E-state index in [-0.39, 0.29) is 0 Å². The van der Waals surface area contributed by atoms with Gasteiger partial charge in [0.05, 0.1) is 36.2 Å². The Hall–Kier alpha value is -1.48. The zero-order valence-corrected chi connectivity index (χ0v) is 15.1. The lowest BCUT2D eigenvalue weighted by Crippen LogP contribution is -3.13. The third-order valence-corrected chi connectivity index (χ3v) is 5.88. The lowest BCUT2D eigenvalue weighted by atomic mass is 9.94. The maximum absolute atomic E-state index is 6.16. The van der Waals surface area contributed by atoms with Gasteiger partial charge in [-0.1, -0.05) is 47.5 Å². The Morgan fingerprint density at radius 2 is 1.67 bits per heavy atom. The van der Waals surface area contributed by atoms with Crippen LogP contribution < -0.4 is 9.80 Å². The standard InChI is InChI=1S/C20H20Cl2N2/c21-19-8-7-18(14-20(19)22)24-11-9-23(10-12-24)17-6-5-15-3-1-2-4-16(15)13-17/h1-4,7-8,13-14H,5-6,9-12H2/p+1. The fourth-order valence-corrected chi connectivity index (χ4v) is 4.04. The molecule has 1 saturated heterocycles. The molecule has 4 heteroatoms. The van der Waals surface area contributed by atoms with Crippen molar-refractivity contribution in [2.75, 3.05) is 31.1 Å². The Labute approximate surface area is 153 Å². The molecule has 24 heavy (non-hydrogen) atoms. The van der Waals surface area contributed by atoms with Crippen LogP contribution in [0.3, 0.4) is 0 Å². The Kier molecular flexibility index (Phi) is 4.53. The van der Waals surface area contributed by atoms with Crippen LogP contribution in [0.4, 0.5) is 5.69 Å². The summed E-state index contributed by atoms with van der Waals surface area (Å²) in [6.45, 7) is 4.36. The number of anilines is 1. The second-order valence-electron chi connectivity index (χ2n) is 6.56. The molecular formula is C20H21Cl2N2+. The van der Waals surface area contributed by atoms with Crippen LogP contribution in [-0.4, -0.2) is 26.2 Å². The van der Waals surface area contributed by atoms with Crippen molar-refractivity contribution in [3.63, 3.8) is 0 Å². The van der Waals surface area contributed by atoms with Crippen molar-refractivity contribution in [1.82, 2.24) is 0 Å². The van der Waals surface area contributed by atoms with E-state index in [0.29, 0.717) is 10.0 Å². The number of quaternary nitrogens is 1. The van der Waals surface area contributed by atoms with E-state index in [2.05, 4.69) is 41.3 Å². The van der Waals surface area contributed by atoms with Gasteiger partial charge in [0.2, 0.25) is 0 Å². The number of allylic oxidation sites excluding steroid dienone is 1. The summed E-state index contributed by atoms with van der Waals surface area (Å²) < 4.78 is 0. The van der Waals surface area contributed by atoms with E-state index >= 15 is 0 Å². The molecule has 1 heterocycles. The summed E-state index contributed by atoms with van der Waals surface area (Å²) in [5, 5.41) is 1.26. The van der Waals surface area contributed by atoms with Crippen molar-refractivity contribution < 1.29 is 4.90 Å². The van der Waals surface area contributed by atoms with Crippen LogP contribution in [0.15, 0.2) is 48.2 Å². The summed E-state index contributed by atoms with van der Waals surface area (Å²) in [7, 11) is 0. The number of hydrogen-bond acceptors (Lipinski definition) is 1. The summed E-state index contributed by atoms with van der Waals surface area (Å²) in [5.74, 6) is 0. The van der Waals surface area contributed by atoms with E-state index in [1.54, 1.807) is 10.6 Å². The van der Waals surface area contributed by atoms with Crippen molar-refractivity contribution in [3.8, 4) is 0 Å². The van der Waals surface area contributed by atoms with Gasteiger partial charge in [-0.3, -0.25) is 0 Å². The molecule has 0 aromatic heterocycles. The average Bonchev–Trinajstić information content (AvgIpc) is 2.64. The minimum atomic E-state index is 0.621. The second kappa shape index (κ2) is 6.79. The largest absolute Gasteiger partial charge is 0.360 e. The van der Waals surface area contributed by atoms with E-state index in [4.69, 9.17) is 23.2 Å². The molecule has 2 aromatic rings. The van der Waals surface area contributed by atoms with Gasteiger partial charge in [-0.2, -0.15) is 0 Å². The maximum atomic E-state index is 6.16. The highest BCUT2D eigenvalue weighted by Crippen LogP contribution is 2.27. The molecule has 4 rings (SSSR count). The quantitative estimate of drug-likeness (QED) is 0.859. The molecule has 1 N–H and O–H groups in total. The molecule has 2 aliphatic rings. The lowest BCUT2D eigenvalue weighted by molar-refractivity contribution is -0.862. The SMILES string of the molecule is Clc1ccc(N2CC[NH+](C3=Cc4ccccc4CC3)CC2)cc1Cl. The molecule has 2 nitrogen and oxygen atoms in total. The first-order valence-corrected chi connectivity index (χ1v) is 9.30. The number of piperazine rings is 1. The van der Waals surface area contributed by atoms with Gasteiger partial charge in [0.15, 0.2) is 0 Å². The predicted molar refractivity (Wildman–Crippen MR) is 102 cm³/mol. The van der Waals surface area contributed by atoms with Crippen LogP contribution in [0, 0.1) is 0 Å². The predicted octanol–water partition coefficient (Wildman–Crippen LogP) is 3.69. The third-order valence-electron chi connectivity index (χ3n) is 5.14. The molecule has 0 spiro atoms. The molecule has 1 aliphatic heterocycles. The Morgan fingerprint density at radius 3 is 2.46 bits per heavy atom. The average molecular weight is 360 g/mol. The first kappa shape index (κ1) is 16.0. The molecule has 0 bridgehead atoms. The molecule has 0 radical (unpaired) electrons. The van der Waals surface area contributed by atoms with E-state index in [0.717, 1.165) is 26.2 Å². The van der Waals surface area contributed by atoms with Crippen molar-refractivity contribution in [2.24, 2.45) is 0 Å². The van der Waals surface area contributed by atoms with Crippen molar-refractivity contribution in [1.29, 1.82) is 0 Å². The normalized spacial score (nSPS) is 18.2. The smallest absolute Gasteiger partial charge is 0.108 e. The third kappa shape index (κ3) is 3.19. The number of aryl methyl sites for hydroxylation is 1. The summed E-state index contributed by atoms with van der Waals surface area (Å²) in [6.07, 6.45) is 4.75. The number of nitrogens with zero attached hydrogens (tertiary/aromatic N) is 1. The van der Waals surface area contributed by atoms with Crippen LogP contribution >= 0.6 is 23.2 Å². The molecule has 0 amide bonds. The van der Waals surface area contributed by atoms with E-state index in [1.165, 1.54) is 29.7 Å². The first-order valence-electron chi connectivity index (χ1n) is 8.54. The van der Waals surface area contributed by atoms with Crippen LogP contribution in [0.25, 0.3) is 6.08 Å².